The summed E-state index contributed by atoms with van der Waals surface area (Å²) in [6.45, 7) is 4.97. The molecule has 0 spiro atoms. The van der Waals surface area contributed by atoms with Crippen molar-refractivity contribution in [1.82, 2.24) is 5.32 Å². The molecule has 0 aliphatic rings. The van der Waals surface area contributed by atoms with Gasteiger partial charge in [0.05, 0.1) is 12.1 Å². The van der Waals surface area contributed by atoms with E-state index < -0.39 is 23.7 Å². The average Bonchev–Trinajstić information content (AvgIpc) is 2.85. The number of amides is 3. The van der Waals surface area contributed by atoms with E-state index in [2.05, 4.69) is 26.6 Å². The van der Waals surface area contributed by atoms with Crippen molar-refractivity contribution in [2.24, 2.45) is 0 Å². The van der Waals surface area contributed by atoms with E-state index in [0.717, 1.165) is 27.7 Å². The predicted octanol–water partition coefficient (Wildman–Crippen LogP) is 5.00. The van der Waals surface area contributed by atoms with Crippen LogP contribution in [0, 0.1) is 19.7 Å². The molecular formula is C27H27BrFN3O4. The van der Waals surface area contributed by atoms with Gasteiger partial charge >= 0.3 is 0 Å². The van der Waals surface area contributed by atoms with E-state index in [1.807, 2.05) is 32.0 Å². The highest BCUT2D eigenvalue weighted by atomic mass is 79.9. The third-order valence-electron chi connectivity index (χ3n) is 5.52. The van der Waals surface area contributed by atoms with Gasteiger partial charge in [-0.2, -0.15) is 0 Å². The van der Waals surface area contributed by atoms with Crippen LogP contribution < -0.4 is 20.3 Å². The van der Waals surface area contributed by atoms with E-state index in [0.29, 0.717) is 11.4 Å². The minimum Gasteiger partial charge on any atom is -0.480 e. The second kappa shape index (κ2) is 11.8. The van der Waals surface area contributed by atoms with Gasteiger partial charge in [-0.1, -0.05) is 34.1 Å². The minimum absolute atomic E-state index is 0.0182. The van der Waals surface area contributed by atoms with Crippen molar-refractivity contribution in [2.45, 2.75) is 26.9 Å². The second-order valence-corrected chi connectivity index (χ2v) is 9.19. The summed E-state index contributed by atoms with van der Waals surface area (Å²) in [5.41, 5.74) is 2.95. The van der Waals surface area contributed by atoms with Gasteiger partial charge in [0.1, 0.15) is 11.6 Å². The van der Waals surface area contributed by atoms with Crippen LogP contribution in [0.15, 0.2) is 65.1 Å². The smallest absolute Gasteiger partial charge is 0.265 e. The molecular weight excluding hydrogens is 529 g/mol. The molecule has 0 unspecified atom stereocenters. The number of likely N-dealkylation sites (N-methyl/N-ethyl adjacent to an activating group) is 1. The van der Waals surface area contributed by atoms with Gasteiger partial charge in [-0.25, -0.2) is 4.39 Å². The quantitative estimate of drug-likeness (QED) is 0.409. The van der Waals surface area contributed by atoms with Crippen LogP contribution in [0.25, 0.3) is 0 Å². The Bertz CT molecular complexity index is 1260. The van der Waals surface area contributed by atoms with Crippen LogP contribution in [-0.4, -0.2) is 37.4 Å². The number of carbonyl (C=O) groups excluding carboxylic acids is 3. The highest BCUT2D eigenvalue weighted by molar-refractivity contribution is 9.10. The van der Waals surface area contributed by atoms with E-state index in [-0.39, 0.29) is 23.8 Å². The number of rotatable bonds is 8. The van der Waals surface area contributed by atoms with Crippen molar-refractivity contribution in [3.05, 3.63) is 87.6 Å². The number of carbonyl (C=O) groups is 3. The fourth-order valence-corrected chi connectivity index (χ4v) is 4.21. The highest BCUT2D eigenvalue weighted by Crippen LogP contribution is 2.26. The number of hydrogen-bond donors (Lipinski definition) is 2. The zero-order valence-electron chi connectivity index (χ0n) is 20.4. The second-order valence-electron chi connectivity index (χ2n) is 8.28. The lowest BCUT2D eigenvalue weighted by Gasteiger charge is -2.20. The standard InChI is InChI=1S/C27H27BrFN3O4/c1-16-12-19(28)13-17(2)25(16)31-26(34)18(3)36-23-11-10-20(29)14-22(23)27(35)30-15-24(33)32(4)21-8-6-5-7-9-21/h5-14,18H,15H2,1-4H3,(H,30,35)(H,31,34)/t18-/m1/s1. The molecule has 1 atom stereocenters. The first kappa shape index (κ1) is 26.9. The van der Waals surface area contributed by atoms with Crippen LogP contribution in [0.2, 0.25) is 0 Å². The Morgan fingerprint density at radius 3 is 2.31 bits per heavy atom. The first-order valence-electron chi connectivity index (χ1n) is 11.2. The van der Waals surface area contributed by atoms with Gasteiger partial charge in [0.15, 0.2) is 6.10 Å². The number of ether oxygens (including phenoxy) is 1. The summed E-state index contributed by atoms with van der Waals surface area (Å²) < 4.78 is 20.6. The zero-order valence-corrected chi connectivity index (χ0v) is 22.0. The molecule has 0 bridgehead atoms. The van der Waals surface area contributed by atoms with Crippen molar-refractivity contribution < 1.29 is 23.5 Å². The van der Waals surface area contributed by atoms with E-state index in [1.54, 1.807) is 31.3 Å². The summed E-state index contributed by atoms with van der Waals surface area (Å²) in [4.78, 5) is 39.5. The molecule has 2 N–H and O–H groups in total. The molecule has 0 radical (unpaired) electrons. The molecule has 0 heterocycles. The predicted molar refractivity (Wildman–Crippen MR) is 141 cm³/mol. The lowest BCUT2D eigenvalue weighted by molar-refractivity contribution is -0.122. The number of halogens is 2. The van der Waals surface area contributed by atoms with Gasteiger partial charge in [0.25, 0.3) is 11.8 Å². The number of nitrogens with zero attached hydrogens (tertiary/aromatic N) is 1. The number of anilines is 2. The normalized spacial score (nSPS) is 11.4. The first-order valence-corrected chi connectivity index (χ1v) is 12.0. The van der Waals surface area contributed by atoms with Crippen LogP contribution in [0.4, 0.5) is 15.8 Å². The average molecular weight is 556 g/mol. The summed E-state index contributed by atoms with van der Waals surface area (Å²) >= 11 is 3.43. The maximum absolute atomic E-state index is 14.0. The molecule has 36 heavy (non-hydrogen) atoms. The zero-order chi connectivity index (χ0) is 26.4. The first-order chi connectivity index (χ1) is 17.1. The number of nitrogens with one attached hydrogen (secondary N) is 2. The van der Waals surface area contributed by atoms with Gasteiger partial charge in [0, 0.05) is 22.9 Å². The summed E-state index contributed by atoms with van der Waals surface area (Å²) in [6, 6.07) is 16.1. The van der Waals surface area contributed by atoms with Crippen molar-refractivity contribution in [2.75, 3.05) is 23.8 Å². The molecule has 0 fully saturated rings. The highest BCUT2D eigenvalue weighted by Gasteiger charge is 2.22. The third-order valence-corrected chi connectivity index (χ3v) is 5.98. The maximum atomic E-state index is 14.0. The Kier molecular flexibility index (Phi) is 8.82. The minimum atomic E-state index is -0.990. The SMILES string of the molecule is Cc1cc(Br)cc(C)c1NC(=O)[C@@H](C)Oc1ccc(F)cc1C(=O)NCC(=O)N(C)c1ccccc1. The van der Waals surface area contributed by atoms with Gasteiger partial charge < -0.3 is 20.3 Å². The number of para-hydroxylation sites is 1. The Morgan fingerprint density at radius 1 is 1.03 bits per heavy atom. The molecule has 0 aliphatic heterocycles. The lowest BCUT2D eigenvalue weighted by Crippen LogP contribution is -2.38. The van der Waals surface area contributed by atoms with E-state index in [9.17, 15) is 18.8 Å². The Labute approximate surface area is 217 Å². The van der Waals surface area contributed by atoms with Gasteiger partial charge in [-0.15, -0.1) is 0 Å². The van der Waals surface area contributed by atoms with Crippen molar-refractivity contribution >= 4 is 45.0 Å². The Balaban J connectivity index is 1.69. The molecule has 3 aromatic rings. The van der Waals surface area contributed by atoms with E-state index in [4.69, 9.17) is 4.74 Å². The van der Waals surface area contributed by atoms with Crippen molar-refractivity contribution in [1.29, 1.82) is 0 Å². The lowest BCUT2D eigenvalue weighted by atomic mass is 10.1. The van der Waals surface area contributed by atoms with Crippen LogP contribution in [0.3, 0.4) is 0 Å². The topological polar surface area (TPSA) is 87.7 Å². The van der Waals surface area contributed by atoms with E-state index in [1.165, 1.54) is 17.9 Å². The van der Waals surface area contributed by atoms with Crippen LogP contribution in [0.5, 0.6) is 5.75 Å². The van der Waals surface area contributed by atoms with Gasteiger partial charge in [-0.05, 0) is 74.4 Å². The van der Waals surface area contributed by atoms with Crippen LogP contribution in [0.1, 0.15) is 28.4 Å². The monoisotopic (exact) mass is 555 g/mol. The molecule has 0 aromatic heterocycles. The molecule has 3 aromatic carbocycles. The van der Waals surface area contributed by atoms with Gasteiger partial charge in [-0.3, -0.25) is 14.4 Å². The Hall–Kier alpha value is -3.72. The number of aryl methyl sites for hydroxylation is 2. The van der Waals surface area contributed by atoms with Crippen LogP contribution in [-0.2, 0) is 9.59 Å². The van der Waals surface area contributed by atoms with Crippen LogP contribution >= 0.6 is 15.9 Å². The number of hydrogen-bond acceptors (Lipinski definition) is 4. The molecule has 0 saturated heterocycles. The largest absolute Gasteiger partial charge is 0.480 e. The summed E-state index contributed by atoms with van der Waals surface area (Å²) in [5.74, 6) is -2.13. The molecule has 0 aliphatic carbocycles. The summed E-state index contributed by atoms with van der Waals surface area (Å²) in [6.07, 6.45) is -0.990. The van der Waals surface area contributed by atoms with Crippen molar-refractivity contribution in [3.8, 4) is 5.75 Å². The van der Waals surface area contributed by atoms with Crippen molar-refractivity contribution in [3.63, 3.8) is 0 Å². The Morgan fingerprint density at radius 2 is 1.67 bits per heavy atom. The fraction of sp³-hybridized carbons (Fsp3) is 0.222. The molecule has 0 saturated carbocycles. The van der Waals surface area contributed by atoms with Gasteiger partial charge in [0.2, 0.25) is 5.91 Å². The molecule has 3 amide bonds. The summed E-state index contributed by atoms with van der Waals surface area (Å²) in [5, 5.41) is 5.34. The molecule has 9 heteroatoms. The maximum Gasteiger partial charge on any atom is 0.265 e. The molecule has 3 rings (SSSR count). The molecule has 7 nitrogen and oxygen atoms in total. The van der Waals surface area contributed by atoms with E-state index >= 15 is 0 Å². The third kappa shape index (κ3) is 6.69. The molecule has 188 valence electrons. The fourth-order valence-electron chi connectivity index (χ4n) is 3.52. The summed E-state index contributed by atoms with van der Waals surface area (Å²) in [7, 11) is 1.59. The number of benzene rings is 3.